The van der Waals surface area contributed by atoms with Gasteiger partial charge in [0.2, 0.25) is 15.9 Å². The second-order valence-electron chi connectivity index (χ2n) is 7.37. The zero-order valence-electron chi connectivity index (χ0n) is 17.1. The number of para-hydroxylation sites is 1. The van der Waals surface area contributed by atoms with Crippen molar-refractivity contribution in [3.8, 4) is 0 Å². The van der Waals surface area contributed by atoms with Crippen molar-refractivity contribution in [3.05, 3.63) is 58.9 Å². The summed E-state index contributed by atoms with van der Waals surface area (Å²) < 4.78 is 30.3. The van der Waals surface area contributed by atoms with Gasteiger partial charge in [0.15, 0.2) is 5.16 Å². The van der Waals surface area contributed by atoms with Gasteiger partial charge in [-0.15, -0.1) is 0 Å². The van der Waals surface area contributed by atoms with Gasteiger partial charge in [-0.2, -0.15) is 0 Å². The van der Waals surface area contributed by atoms with Crippen LogP contribution >= 0.6 is 11.8 Å². The molecule has 4 rings (SSSR count). The molecule has 1 aliphatic rings. The molecule has 0 unspecified atom stereocenters. The van der Waals surface area contributed by atoms with Gasteiger partial charge in [0.05, 0.1) is 34.2 Å². The van der Waals surface area contributed by atoms with Crippen LogP contribution in [0.1, 0.15) is 12.8 Å². The molecule has 1 saturated heterocycles. The lowest BCUT2D eigenvalue weighted by atomic mass is 10.2. The van der Waals surface area contributed by atoms with Gasteiger partial charge in [0, 0.05) is 12.3 Å². The fourth-order valence-corrected chi connectivity index (χ4v) is 4.86. The number of thioether (sulfide) groups is 1. The third-order valence-corrected chi connectivity index (χ3v) is 6.90. The summed E-state index contributed by atoms with van der Waals surface area (Å²) in [4.78, 5) is 30.1. The van der Waals surface area contributed by atoms with Crippen LogP contribution in [0.2, 0.25) is 0 Å². The number of rotatable bonds is 7. The Morgan fingerprint density at radius 3 is 2.81 bits per heavy atom. The molecule has 0 spiro atoms. The zero-order chi connectivity index (χ0) is 22.7. The zero-order valence-corrected chi connectivity index (χ0v) is 18.7. The molecule has 0 bridgehead atoms. The van der Waals surface area contributed by atoms with Crippen molar-refractivity contribution in [2.75, 3.05) is 17.7 Å². The number of hydrogen-bond acceptors (Lipinski definition) is 7. The predicted octanol–water partition coefficient (Wildman–Crippen LogP) is 1.95. The van der Waals surface area contributed by atoms with Crippen molar-refractivity contribution >= 4 is 44.3 Å². The first kappa shape index (κ1) is 22.5. The fraction of sp³-hybridized carbons (Fsp3) is 0.286. The van der Waals surface area contributed by atoms with Crippen LogP contribution in [0.4, 0.5) is 5.69 Å². The van der Waals surface area contributed by atoms with E-state index in [1.54, 1.807) is 34.9 Å². The molecule has 11 heteroatoms. The number of benzene rings is 2. The van der Waals surface area contributed by atoms with Gasteiger partial charge >= 0.3 is 0 Å². The number of ether oxygens (including phenoxy) is 1. The van der Waals surface area contributed by atoms with Crippen LogP contribution < -0.4 is 16.0 Å². The lowest BCUT2D eigenvalue weighted by Crippen LogP contribution is -2.29. The molecule has 1 aliphatic heterocycles. The minimum Gasteiger partial charge on any atom is -0.376 e. The summed E-state index contributed by atoms with van der Waals surface area (Å²) in [7, 11) is -3.88. The number of amides is 1. The summed E-state index contributed by atoms with van der Waals surface area (Å²) in [5.74, 6) is -0.386. The van der Waals surface area contributed by atoms with E-state index in [1.807, 2.05) is 0 Å². The summed E-state index contributed by atoms with van der Waals surface area (Å²) in [6.07, 6.45) is 1.75. The number of aromatic nitrogens is 2. The summed E-state index contributed by atoms with van der Waals surface area (Å²) in [5.41, 5.74) is 0.699. The maximum atomic E-state index is 13.1. The van der Waals surface area contributed by atoms with Gasteiger partial charge in [-0.25, -0.2) is 18.5 Å². The number of anilines is 1. The van der Waals surface area contributed by atoms with E-state index in [9.17, 15) is 18.0 Å². The standard InChI is InChI=1S/C21H22N4O5S2/c22-32(28,29)16-7-3-5-14(11-16)23-19(26)13-31-21-24-18-9-2-1-8-17(18)20(27)25(21)12-15-6-4-10-30-15/h1-3,5,7-9,11,15H,4,6,10,12-13H2,(H,23,26)(H2,22,28,29)/t15-/m0/s1. The number of primary sulfonamides is 1. The maximum absolute atomic E-state index is 13.1. The quantitative estimate of drug-likeness (QED) is 0.395. The smallest absolute Gasteiger partial charge is 0.262 e. The highest BCUT2D eigenvalue weighted by atomic mass is 32.2. The monoisotopic (exact) mass is 474 g/mol. The third-order valence-electron chi connectivity index (χ3n) is 5.02. The molecule has 168 valence electrons. The highest BCUT2D eigenvalue weighted by Crippen LogP contribution is 2.22. The van der Waals surface area contributed by atoms with E-state index in [0.717, 1.165) is 24.6 Å². The molecule has 9 nitrogen and oxygen atoms in total. The Morgan fingerprint density at radius 2 is 2.06 bits per heavy atom. The molecule has 1 aromatic heterocycles. The summed E-state index contributed by atoms with van der Waals surface area (Å²) in [6, 6.07) is 12.8. The first-order valence-corrected chi connectivity index (χ1v) is 12.5. The van der Waals surface area contributed by atoms with Crippen molar-refractivity contribution in [2.45, 2.75) is 35.5 Å². The Hall–Kier alpha value is -2.73. The highest BCUT2D eigenvalue weighted by Gasteiger charge is 2.21. The Kier molecular flexibility index (Phi) is 6.60. The Bertz CT molecular complexity index is 1320. The lowest BCUT2D eigenvalue weighted by Gasteiger charge is -2.16. The van der Waals surface area contributed by atoms with Gasteiger partial charge in [-0.05, 0) is 43.2 Å². The minimum absolute atomic E-state index is 0.0179. The molecular weight excluding hydrogens is 452 g/mol. The van der Waals surface area contributed by atoms with Crippen molar-refractivity contribution in [3.63, 3.8) is 0 Å². The number of nitrogens with zero attached hydrogens (tertiary/aromatic N) is 2. The van der Waals surface area contributed by atoms with E-state index in [-0.39, 0.29) is 28.2 Å². The summed E-state index contributed by atoms with van der Waals surface area (Å²) in [5, 5.41) is 8.73. The predicted molar refractivity (Wildman–Crippen MR) is 122 cm³/mol. The molecule has 1 fully saturated rings. The second-order valence-corrected chi connectivity index (χ2v) is 9.88. The van der Waals surface area contributed by atoms with E-state index in [2.05, 4.69) is 10.3 Å². The largest absolute Gasteiger partial charge is 0.376 e. The van der Waals surface area contributed by atoms with Gasteiger partial charge < -0.3 is 10.1 Å². The molecule has 0 aliphatic carbocycles. The number of nitrogens with one attached hydrogen (secondary N) is 1. The molecule has 0 saturated carbocycles. The van der Waals surface area contributed by atoms with E-state index in [0.29, 0.717) is 34.9 Å². The highest BCUT2D eigenvalue weighted by molar-refractivity contribution is 7.99. The number of carbonyl (C=O) groups is 1. The third kappa shape index (κ3) is 5.18. The molecule has 0 radical (unpaired) electrons. The van der Waals surface area contributed by atoms with Crippen LogP contribution in [0.15, 0.2) is 63.4 Å². The topological polar surface area (TPSA) is 133 Å². The molecule has 1 amide bonds. The molecule has 2 heterocycles. The van der Waals surface area contributed by atoms with E-state index in [1.165, 1.54) is 18.2 Å². The average molecular weight is 475 g/mol. The number of fused-ring (bicyclic) bond motifs is 1. The number of carbonyl (C=O) groups excluding carboxylic acids is 1. The molecular formula is C21H22N4O5S2. The minimum atomic E-state index is -3.88. The first-order chi connectivity index (χ1) is 15.3. The van der Waals surface area contributed by atoms with Crippen LogP contribution in [0.25, 0.3) is 10.9 Å². The van der Waals surface area contributed by atoms with Crippen LogP contribution in [0.5, 0.6) is 0 Å². The summed E-state index contributed by atoms with van der Waals surface area (Å²) >= 11 is 1.14. The van der Waals surface area contributed by atoms with Gasteiger partial charge in [-0.3, -0.25) is 14.2 Å². The summed E-state index contributed by atoms with van der Waals surface area (Å²) in [6.45, 7) is 1.04. The first-order valence-electron chi connectivity index (χ1n) is 9.98. The Balaban J connectivity index is 1.54. The molecule has 2 aromatic carbocycles. The van der Waals surface area contributed by atoms with Crippen LogP contribution in [0, 0.1) is 0 Å². The SMILES string of the molecule is NS(=O)(=O)c1cccc(NC(=O)CSc2nc3ccccc3c(=O)n2C[C@@H]2CCCO2)c1. The van der Waals surface area contributed by atoms with Crippen molar-refractivity contribution in [1.29, 1.82) is 0 Å². The van der Waals surface area contributed by atoms with Gasteiger partial charge in [-0.1, -0.05) is 30.0 Å². The second kappa shape index (κ2) is 9.41. The normalized spacial score (nSPS) is 16.3. The Morgan fingerprint density at radius 1 is 1.25 bits per heavy atom. The van der Waals surface area contributed by atoms with Crippen LogP contribution in [-0.4, -0.2) is 42.3 Å². The fourth-order valence-electron chi connectivity index (χ4n) is 3.49. The Labute approximate surface area is 189 Å². The number of sulfonamides is 1. The van der Waals surface area contributed by atoms with Crippen molar-refractivity contribution in [1.82, 2.24) is 9.55 Å². The van der Waals surface area contributed by atoms with E-state index in [4.69, 9.17) is 9.88 Å². The molecule has 32 heavy (non-hydrogen) atoms. The molecule has 3 aromatic rings. The van der Waals surface area contributed by atoms with Crippen molar-refractivity contribution in [2.24, 2.45) is 5.14 Å². The maximum Gasteiger partial charge on any atom is 0.262 e. The van der Waals surface area contributed by atoms with Gasteiger partial charge in [0.25, 0.3) is 5.56 Å². The van der Waals surface area contributed by atoms with Gasteiger partial charge in [0.1, 0.15) is 0 Å². The van der Waals surface area contributed by atoms with Crippen LogP contribution in [-0.2, 0) is 26.1 Å². The molecule has 1 atom stereocenters. The van der Waals surface area contributed by atoms with E-state index < -0.39 is 10.0 Å². The number of hydrogen-bond donors (Lipinski definition) is 2. The number of nitrogens with two attached hydrogens (primary N) is 1. The lowest BCUT2D eigenvalue weighted by molar-refractivity contribution is -0.113. The van der Waals surface area contributed by atoms with E-state index >= 15 is 0 Å². The van der Waals surface area contributed by atoms with Crippen molar-refractivity contribution < 1.29 is 17.9 Å². The average Bonchev–Trinajstić information content (AvgIpc) is 3.27. The van der Waals surface area contributed by atoms with Crippen LogP contribution in [0.3, 0.4) is 0 Å². The molecule has 3 N–H and O–H groups in total.